The van der Waals surface area contributed by atoms with Gasteiger partial charge in [0.1, 0.15) is 5.76 Å². The predicted molar refractivity (Wildman–Crippen MR) is 122 cm³/mol. The summed E-state index contributed by atoms with van der Waals surface area (Å²) >= 11 is 0. The lowest BCUT2D eigenvalue weighted by Crippen LogP contribution is -2.29. The van der Waals surface area contributed by atoms with Gasteiger partial charge in [-0.3, -0.25) is 19.5 Å². The fourth-order valence-corrected chi connectivity index (χ4v) is 3.75. The Labute approximate surface area is 191 Å². The fourth-order valence-electron chi connectivity index (χ4n) is 3.75. The van der Waals surface area contributed by atoms with Gasteiger partial charge in [0.05, 0.1) is 23.3 Å². The summed E-state index contributed by atoms with van der Waals surface area (Å²) in [6, 6.07) is 17.4. The molecule has 0 bridgehead atoms. The Kier molecular flexibility index (Phi) is 6.04. The number of ether oxygens (including phenoxy) is 1. The maximum atomic E-state index is 13.1. The van der Waals surface area contributed by atoms with Gasteiger partial charge in [-0.2, -0.15) is 0 Å². The summed E-state index contributed by atoms with van der Waals surface area (Å²) in [4.78, 5) is 43.7. The second-order valence-electron chi connectivity index (χ2n) is 7.82. The molecule has 0 saturated carbocycles. The van der Waals surface area contributed by atoms with E-state index in [9.17, 15) is 19.5 Å². The molecule has 1 aliphatic rings. The molecule has 0 spiro atoms. The summed E-state index contributed by atoms with van der Waals surface area (Å²) in [5, 5.41) is 11.0. The van der Waals surface area contributed by atoms with Crippen LogP contribution in [-0.2, 0) is 14.3 Å². The van der Waals surface area contributed by atoms with Gasteiger partial charge in [0.25, 0.3) is 11.7 Å². The average Bonchev–Trinajstić information content (AvgIpc) is 3.10. The van der Waals surface area contributed by atoms with Gasteiger partial charge >= 0.3 is 5.97 Å². The number of nitrogens with zero attached hydrogens (tertiary/aromatic N) is 2. The number of amides is 1. The number of rotatable bonds is 5. The number of aliphatic hydroxyl groups is 1. The third-order valence-corrected chi connectivity index (χ3v) is 5.24. The maximum Gasteiger partial charge on any atom is 0.338 e. The summed E-state index contributed by atoms with van der Waals surface area (Å²) in [7, 11) is 0. The Morgan fingerprint density at radius 1 is 0.939 bits per heavy atom. The number of ketones is 1. The molecule has 166 valence electrons. The molecule has 7 heteroatoms. The molecule has 0 radical (unpaired) electrons. The highest BCUT2D eigenvalue weighted by Crippen LogP contribution is 2.42. The number of carbonyl (C=O) groups excluding carboxylic acids is 3. The van der Waals surface area contributed by atoms with Crippen molar-refractivity contribution in [2.45, 2.75) is 26.0 Å². The van der Waals surface area contributed by atoms with E-state index in [-0.39, 0.29) is 17.4 Å². The summed E-state index contributed by atoms with van der Waals surface area (Å²) in [6.45, 7) is 3.51. The van der Waals surface area contributed by atoms with Crippen LogP contribution in [0.3, 0.4) is 0 Å². The second-order valence-corrected chi connectivity index (χ2v) is 7.82. The summed E-state index contributed by atoms with van der Waals surface area (Å²) in [5.74, 6) is -2.29. The number of Topliss-reactive ketones (excluding diaryl/α,β-unsaturated/α-hetero) is 1. The van der Waals surface area contributed by atoms with Crippen molar-refractivity contribution < 1.29 is 24.2 Å². The molecule has 1 fully saturated rings. The molecule has 3 aromatic rings. The SMILES string of the molecule is CC(C)OC(=O)c1ccc(N2C(=O)C(=O)/C(=C(/O)c3ccccc3)C2c2ccncc2)cc1. The van der Waals surface area contributed by atoms with Gasteiger partial charge in [0.15, 0.2) is 0 Å². The summed E-state index contributed by atoms with van der Waals surface area (Å²) in [6.07, 6.45) is 2.85. The largest absolute Gasteiger partial charge is 0.507 e. The molecular weight excluding hydrogens is 420 g/mol. The van der Waals surface area contributed by atoms with E-state index in [1.54, 1.807) is 93.0 Å². The molecule has 1 unspecified atom stereocenters. The number of aromatic nitrogens is 1. The van der Waals surface area contributed by atoms with Crippen molar-refractivity contribution in [2.24, 2.45) is 0 Å². The number of hydrogen-bond donors (Lipinski definition) is 1. The lowest BCUT2D eigenvalue weighted by molar-refractivity contribution is -0.132. The number of pyridine rings is 1. The first kappa shape index (κ1) is 22.0. The van der Waals surface area contributed by atoms with Crippen LogP contribution in [-0.4, -0.2) is 33.9 Å². The lowest BCUT2D eigenvalue weighted by atomic mass is 9.96. The molecule has 4 rings (SSSR count). The van der Waals surface area contributed by atoms with Crippen LogP contribution in [0.25, 0.3) is 5.76 Å². The van der Waals surface area contributed by atoms with Gasteiger partial charge in [-0.1, -0.05) is 30.3 Å². The highest BCUT2D eigenvalue weighted by molar-refractivity contribution is 6.51. The van der Waals surface area contributed by atoms with Crippen molar-refractivity contribution in [2.75, 3.05) is 4.90 Å². The molecular formula is C26H22N2O5. The van der Waals surface area contributed by atoms with Gasteiger partial charge in [-0.05, 0) is 55.8 Å². The smallest absolute Gasteiger partial charge is 0.338 e. The minimum absolute atomic E-state index is 0.0132. The highest BCUT2D eigenvalue weighted by Gasteiger charge is 2.46. The third kappa shape index (κ3) is 4.25. The Morgan fingerprint density at radius 3 is 2.18 bits per heavy atom. The van der Waals surface area contributed by atoms with Crippen molar-refractivity contribution in [1.82, 2.24) is 4.98 Å². The zero-order valence-electron chi connectivity index (χ0n) is 18.1. The van der Waals surface area contributed by atoms with E-state index in [4.69, 9.17) is 4.74 Å². The van der Waals surface area contributed by atoms with Crippen LogP contribution in [0.1, 0.15) is 41.4 Å². The number of carbonyl (C=O) groups is 3. The number of benzene rings is 2. The summed E-state index contributed by atoms with van der Waals surface area (Å²) in [5.41, 5.74) is 1.77. The molecule has 1 N–H and O–H groups in total. The molecule has 1 saturated heterocycles. The minimum atomic E-state index is -0.860. The van der Waals surface area contributed by atoms with Crippen LogP contribution in [0, 0.1) is 0 Å². The topological polar surface area (TPSA) is 96.8 Å². The molecule has 1 amide bonds. The van der Waals surface area contributed by atoms with E-state index in [0.717, 1.165) is 0 Å². The average molecular weight is 442 g/mol. The van der Waals surface area contributed by atoms with Crippen LogP contribution in [0.5, 0.6) is 0 Å². The van der Waals surface area contributed by atoms with Crippen LogP contribution in [0.4, 0.5) is 5.69 Å². The van der Waals surface area contributed by atoms with Crippen molar-refractivity contribution in [3.05, 3.63) is 101 Å². The van der Waals surface area contributed by atoms with Crippen LogP contribution >= 0.6 is 0 Å². The van der Waals surface area contributed by atoms with Gasteiger partial charge < -0.3 is 9.84 Å². The van der Waals surface area contributed by atoms with Crippen LogP contribution < -0.4 is 4.90 Å². The maximum absolute atomic E-state index is 13.1. The Morgan fingerprint density at radius 2 is 1.58 bits per heavy atom. The summed E-state index contributed by atoms with van der Waals surface area (Å²) < 4.78 is 5.21. The second kappa shape index (κ2) is 9.08. The molecule has 2 heterocycles. The quantitative estimate of drug-likeness (QED) is 0.274. The Hall–Kier alpha value is -4.26. The van der Waals surface area contributed by atoms with E-state index in [0.29, 0.717) is 22.4 Å². The first-order chi connectivity index (χ1) is 15.9. The Balaban J connectivity index is 1.81. The number of anilines is 1. The molecule has 1 aliphatic heterocycles. The Bertz CT molecular complexity index is 1220. The van der Waals surface area contributed by atoms with Gasteiger partial charge in [0, 0.05) is 23.6 Å². The van der Waals surface area contributed by atoms with Gasteiger partial charge in [-0.25, -0.2) is 4.79 Å². The predicted octanol–water partition coefficient (Wildman–Crippen LogP) is 4.27. The number of hydrogen-bond acceptors (Lipinski definition) is 6. The fraction of sp³-hybridized carbons (Fsp3) is 0.154. The van der Waals surface area contributed by atoms with E-state index in [2.05, 4.69) is 4.98 Å². The lowest BCUT2D eigenvalue weighted by Gasteiger charge is -2.25. The molecule has 1 aromatic heterocycles. The third-order valence-electron chi connectivity index (χ3n) is 5.24. The van der Waals surface area contributed by atoms with Crippen molar-refractivity contribution in [3.63, 3.8) is 0 Å². The zero-order valence-corrected chi connectivity index (χ0v) is 18.1. The first-order valence-electron chi connectivity index (χ1n) is 10.5. The van der Waals surface area contributed by atoms with Crippen molar-refractivity contribution >= 4 is 29.1 Å². The standard InChI is InChI=1S/C26H22N2O5/c1-16(2)33-26(32)19-8-10-20(11-9-19)28-22(17-12-14-27-15-13-17)21(24(30)25(28)31)23(29)18-6-4-3-5-7-18/h3-16,22,29H,1-2H3/b23-21+. The van der Waals surface area contributed by atoms with Crippen molar-refractivity contribution in [3.8, 4) is 0 Å². The van der Waals surface area contributed by atoms with Crippen molar-refractivity contribution in [1.29, 1.82) is 0 Å². The monoisotopic (exact) mass is 442 g/mol. The molecule has 1 atom stereocenters. The van der Waals surface area contributed by atoms with Crippen LogP contribution in [0.15, 0.2) is 84.7 Å². The van der Waals surface area contributed by atoms with E-state index in [1.807, 2.05) is 0 Å². The van der Waals surface area contributed by atoms with E-state index < -0.39 is 23.7 Å². The molecule has 2 aromatic carbocycles. The molecule has 7 nitrogen and oxygen atoms in total. The van der Waals surface area contributed by atoms with Gasteiger partial charge in [0.2, 0.25) is 0 Å². The van der Waals surface area contributed by atoms with E-state index in [1.165, 1.54) is 4.90 Å². The van der Waals surface area contributed by atoms with Crippen LogP contribution in [0.2, 0.25) is 0 Å². The zero-order chi connectivity index (χ0) is 23.5. The highest BCUT2D eigenvalue weighted by atomic mass is 16.5. The minimum Gasteiger partial charge on any atom is -0.507 e. The normalized spacial score (nSPS) is 17.4. The number of aliphatic hydroxyl groups excluding tert-OH is 1. The van der Waals surface area contributed by atoms with E-state index >= 15 is 0 Å². The number of esters is 1. The molecule has 0 aliphatic carbocycles. The first-order valence-corrected chi connectivity index (χ1v) is 10.5. The molecule has 33 heavy (non-hydrogen) atoms. The van der Waals surface area contributed by atoms with Gasteiger partial charge in [-0.15, -0.1) is 0 Å².